The first-order valence-corrected chi connectivity index (χ1v) is 6.95. The Balaban J connectivity index is 1.97. The SMILES string of the molecule is O=C(O)c1nnn(CCC2CC2)c1-c1ccc(Cl)cc1. The fourth-order valence-corrected chi connectivity index (χ4v) is 2.34. The molecule has 6 heteroatoms. The lowest BCUT2D eigenvalue weighted by Crippen LogP contribution is -2.05. The molecule has 3 rings (SSSR count). The predicted octanol–water partition coefficient (Wildman–Crippen LogP) is 3.10. The normalized spacial score (nSPS) is 14.4. The standard InChI is InChI=1S/C14H14ClN3O2/c15-11-5-3-10(4-6-11)13-12(14(19)20)16-17-18(13)8-7-9-1-2-9/h3-6,9H,1-2,7-8H2,(H,19,20). The molecule has 1 N–H and O–H groups in total. The van der Waals surface area contributed by atoms with Gasteiger partial charge in [-0.05, 0) is 24.5 Å². The highest BCUT2D eigenvalue weighted by Gasteiger charge is 2.24. The second kappa shape index (κ2) is 5.25. The summed E-state index contributed by atoms with van der Waals surface area (Å²) < 4.78 is 1.69. The molecule has 0 spiro atoms. The number of carboxylic acids is 1. The summed E-state index contributed by atoms with van der Waals surface area (Å²) >= 11 is 5.87. The number of aromatic nitrogens is 3. The van der Waals surface area contributed by atoms with E-state index in [1.54, 1.807) is 28.9 Å². The first-order chi connectivity index (χ1) is 9.65. The maximum atomic E-state index is 11.3. The Labute approximate surface area is 121 Å². The van der Waals surface area contributed by atoms with Crippen molar-refractivity contribution in [1.29, 1.82) is 0 Å². The Hall–Kier alpha value is -1.88. The maximum Gasteiger partial charge on any atom is 0.358 e. The summed E-state index contributed by atoms with van der Waals surface area (Å²) in [7, 11) is 0. The van der Waals surface area contributed by atoms with Crippen LogP contribution in [0.15, 0.2) is 24.3 Å². The van der Waals surface area contributed by atoms with Gasteiger partial charge in [0.05, 0.1) is 0 Å². The van der Waals surface area contributed by atoms with E-state index < -0.39 is 5.97 Å². The smallest absolute Gasteiger partial charge is 0.358 e. The fraction of sp³-hybridized carbons (Fsp3) is 0.357. The molecule has 1 aliphatic rings. The number of nitrogens with zero attached hydrogens (tertiary/aromatic N) is 3. The molecule has 1 heterocycles. The van der Waals surface area contributed by atoms with Crippen LogP contribution in [0.4, 0.5) is 0 Å². The number of hydrogen-bond acceptors (Lipinski definition) is 3. The zero-order valence-electron chi connectivity index (χ0n) is 10.8. The molecule has 20 heavy (non-hydrogen) atoms. The number of carbonyl (C=O) groups is 1. The van der Waals surface area contributed by atoms with Crippen molar-refractivity contribution in [2.75, 3.05) is 0 Å². The van der Waals surface area contributed by atoms with E-state index in [4.69, 9.17) is 11.6 Å². The van der Waals surface area contributed by atoms with Gasteiger partial charge in [-0.15, -0.1) is 5.10 Å². The molecule has 0 radical (unpaired) electrons. The molecule has 0 atom stereocenters. The maximum absolute atomic E-state index is 11.3. The van der Waals surface area contributed by atoms with Gasteiger partial charge in [0.15, 0.2) is 5.69 Å². The Kier molecular flexibility index (Phi) is 3.44. The van der Waals surface area contributed by atoms with E-state index in [1.807, 2.05) is 0 Å². The van der Waals surface area contributed by atoms with Gasteiger partial charge in [-0.25, -0.2) is 9.48 Å². The summed E-state index contributed by atoms with van der Waals surface area (Å²) in [5.74, 6) is -0.307. The molecule has 1 aromatic carbocycles. The molecule has 1 aliphatic carbocycles. The number of aromatic carboxylic acids is 1. The largest absolute Gasteiger partial charge is 0.476 e. The third kappa shape index (κ3) is 2.67. The topological polar surface area (TPSA) is 68.0 Å². The molecule has 2 aromatic rings. The summed E-state index contributed by atoms with van der Waals surface area (Å²) in [6, 6.07) is 7.06. The van der Waals surface area contributed by atoms with Crippen LogP contribution in [0.25, 0.3) is 11.3 Å². The fourth-order valence-electron chi connectivity index (χ4n) is 2.22. The number of hydrogen-bond donors (Lipinski definition) is 1. The summed E-state index contributed by atoms with van der Waals surface area (Å²) in [5.41, 5.74) is 1.31. The molecule has 104 valence electrons. The Morgan fingerprint density at radius 2 is 2.05 bits per heavy atom. The minimum Gasteiger partial charge on any atom is -0.476 e. The second-order valence-corrected chi connectivity index (χ2v) is 5.49. The lowest BCUT2D eigenvalue weighted by Gasteiger charge is -2.07. The number of carboxylic acid groups (broad SMARTS) is 1. The van der Waals surface area contributed by atoms with E-state index in [-0.39, 0.29) is 5.69 Å². The highest BCUT2D eigenvalue weighted by atomic mass is 35.5. The van der Waals surface area contributed by atoms with Gasteiger partial charge in [-0.2, -0.15) is 0 Å². The molecule has 0 bridgehead atoms. The number of rotatable bonds is 5. The molecular weight excluding hydrogens is 278 g/mol. The molecular formula is C14H14ClN3O2. The van der Waals surface area contributed by atoms with Gasteiger partial charge in [-0.3, -0.25) is 0 Å². The predicted molar refractivity (Wildman–Crippen MR) is 74.8 cm³/mol. The van der Waals surface area contributed by atoms with Crippen molar-refractivity contribution >= 4 is 17.6 Å². The molecule has 1 fully saturated rings. The average Bonchev–Trinajstić information content (AvgIpc) is 3.16. The van der Waals surface area contributed by atoms with Crippen molar-refractivity contribution in [3.63, 3.8) is 0 Å². The van der Waals surface area contributed by atoms with Crippen molar-refractivity contribution in [1.82, 2.24) is 15.0 Å². The van der Waals surface area contributed by atoms with Gasteiger partial charge in [0, 0.05) is 17.1 Å². The summed E-state index contributed by atoms with van der Waals surface area (Å²) in [6.45, 7) is 0.697. The Morgan fingerprint density at radius 1 is 1.35 bits per heavy atom. The van der Waals surface area contributed by atoms with E-state index in [2.05, 4.69) is 10.3 Å². The highest BCUT2D eigenvalue weighted by Crippen LogP contribution is 2.33. The van der Waals surface area contributed by atoms with Crippen molar-refractivity contribution in [2.45, 2.75) is 25.8 Å². The molecule has 1 aromatic heterocycles. The van der Waals surface area contributed by atoms with Crippen LogP contribution in [0.2, 0.25) is 5.02 Å². The average molecular weight is 292 g/mol. The lowest BCUT2D eigenvalue weighted by molar-refractivity contribution is 0.0691. The van der Waals surface area contributed by atoms with Crippen molar-refractivity contribution in [2.24, 2.45) is 5.92 Å². The van der Waals surface area contributed by atoms with E-state index in [0.717, 1.165) is 17.9 Å². The van der Waals surface area contributed by atoms with E-state index in [9.17, 15) is 9.90 Å². The van der Waals surface area contributed by atoms with Gasteiger partial charge in [-0.1, -0.05) is 41.8 Å². The van der Waals surface area contributed by atoms with Gasteiger partial charge >= 0.3 is 5.97 Å². The van der Waals surface area contributed by atoms with Crippen LogP contribution < -0.4 is 0 Å². The Morgan fingerprint density at radius 3 is 2.65 bits per heavy atom. The lowest BCUT2D eigenvalue weighted by atomic mass is 10.1. The molecule has 0 unspecified atom stereocenters. The van der Waals surface area contributed by atoms with Crippen LogP contribution >= 0.6 is 11.6 Å². The van der Waals surface area contributed by atoms with E-state index in [1.165, 1.54) is 12.8 Å². The third-order valence-electron chi connectivity index (χ3n) is 3.50. The minimum absolute atomic E-state index is 0.0110. The van der Waals surface area contributed by atoms with Gasteiger partial charge in [0.25, 0.3) is 0 Å². The van der Waals surface area contributed by atoms with Crippen LogP contribution in [0.5, 0.6) is 0 Å². The van der Waals surface area contributed by atoms with E-state index in [0.29, 0.717) is 17.3 Å². The summed E-state index contributed by atoms with van der Waals surface area (Å²) in [5, 5.41) is 17.6. The number of halogens is 1. The molecule has 0 aliphatic heterocycles. The number of benzene rings is 1. The first kappa shape index (κ1) is 13.1. The van der Waals surface area contributed by atoms with Crippen molar-refractivity contribution in [3.8, 4) is 11.3 Å². The van der Waals surface area contributed by atoms with Crippen LogP contribution in [0.3, 0.4) is 0 Å². The van der Waals surface area contributed by atoms with Gasteiger partial charge in [0.2, 0.25) is 0 Å². The summed E-state index contributed by atoms with van der Waals surface area (Å²) in [6.07, 6.45) is 3.54. The van der Waals surface area contributed by atoms with E-state index >= 15 is 0 Å². The Bertz CT molecular complexity index is 632. The van der Waals surface area contributed by atoms with Gasteiger partial charge in [0.1, 0.15) is 5.69 Å². The molecule has 0 saturated heterocycles. The zero-order chi connectivity index (χ0) is 14.1. The van der Waals surface area contributed by atoms with Crippen molar-refractivity contribution in [3.05, 3.63) is 35.0 Å². The summed E-state index contributed by atoms with van der Waals surface area (Å²) in [4.78, 5) is 11.3. The van der Waals surface area contributed by atoms with Crippen LogP contribution in [0.1, 0.15) is 29.8 Å². The quantitative estimate of drug-likeness (QED) is 0.919. The highest BCUT2D eigenvalue weighted by molar-refractivity contribution is 6.30. The van der Waals surface area contributed by atoms with Gasteiger partial charge < -0.3 is 5.11 Å². The number of aryl methyl sites for hydroxylation is 1. The molecule has 0 amide bonds. The zero-order valence-corrected chi connectivity index (χ0v) is 11.5. The monoisotopic (exact) mass is 291 g/mol. The van der Waals surface area contributed by atoms with Crippen LogP contribution in [-0.2, 0) is 6.54 Å². The van der Waals surface area contributed by atoms with Crippen LogP contribution in [0, 0.1) is 5.92 Å². The minimum atomic E-state index is -1.06. The second-order valence-electron chi connectivity index (χ2n) is 5.05. The van der Waals surface area contributed by atoms with Crippen LogP contribution in [-0.4, -0.2) is 26.1 Å². The van der Waals surface area contributed by atoms with Crippen molar-refractivity contribution < 1.29 is 9.90 Å². The first-order valence-electron chi connectivity index (χ1n) is 6.58. The third-order valence-corrected chi connectivity index (χ3v) is 3.75. The molecule has 5 nitrogen and oxygen atoms in total. The molecule has 1 saturated carbocycles.